The van der Waals surface area contributed by atoms with E-state index in [-0.39, 0.29) is 23.5 Å². The van der Waals surface area contributed by atoms with Gasteiger partial charge >= 0.3 is 17.8 Å². The molecule has 2 rings (SSSR count). The number of hydrogen-bond donors (Lipinski definition) is 0. The van der Waals surface area contributed by atoms with Crippen molar-refractivity contribution in [1.29, 1.82) is 0 Å². The normalized spacial score (nSPS) is 11.0. The third-order valence-corrected chi connectivity index (χ3v) is 3.22. The average molecular weight is 355 g/mol. The molecule has 0 aliphatic carbocycles. The molecule has 2 aromatic rings. The molecule has 132 valence electrons. The highest BCUT2D eigenvalue weighted by atomic mass is 19.4. The second kappa shape index (κ2) is 7.20. The molecule has 0 N–H and O–H groups in total. The molecule has 0 atom stereocenters. The molecule has 0 aromatic heterocycles. The van der Waals surface area contributed by atoms with Gasteiger partial charge < -0.3 is 9.47 Å². The number of esters is 1. The minimum Gasteiger partial charge on any atom is -0.496 e. The molecule has 9 heteroatoms. The van der Waals surface area contributed by atoms with Crippen LogP contribution in [0.15, 0.2) is 42.5 Å². The maximum Gasteiger partial charge on any atom is 0.416 e. The van der Waals surface area contributed by atoms with Gasteiger partial charge in [-0.15, -0.1) is 0 Å². The number of rotatable bonds is 5. The Morgan fingerprint density at radius 2 is 1.80 bits per heavy atom. The Morgan fingerprint density at radius 1 is 1.16 bits per heavy atom. The van der Waals surface area contributed by atoms with E-state index in [4.69, 9.17) is 9.47 Å². The van der Waals surface area contributed by atoms with Crippen LogP contribution in [0.5, 0.6) is 11.5 Å². The summed E-state index contributed by atoms with van der Waals surface area (Å²) in [6.07, 6.45) is -4.80. The third-order valence-electron chi connectivity index (χ3n) is 3.22. The second-order valence-electron chi connectivity index (χ2n) is 4.94. The first kappa shape index (κ1) is 18.2. The SMILES string of the molecule is COc1ccc(OC(=O)Cc2ccc(C(F)(F)F)cc2)c([N+](=O)[O-])c1. The number of halogens is 3. The van der Waals surface area contributed by atoms with Crippen molar-refractivity contribution < 1.29 is 32.4 Å². The van der Waals surface area contributed by atoms with Gasteiger partial charge in [0.25, 0.3) is 0 Å². The lowest BCUT2D eigenvalue weighted by Crippen LogP contribution is -2.12. The maximum absolute atomic E-state index is 12.5. The molecule has 0 radical (unpaired) electrons. The number of alkyl halides is 3. The van der Waals surface area contributed by atoms with Crippen LogP contribution in [0.1, 0.15) is 11.1 Å². The van der Waals surface area contributed by atoms with Crippen LogP contribution in [0.25, 0.3) is 0 Å². The lowest BCUT2D eigenvalue weighted by Gasteiger charge is -2.08. The van der Waals surface area contributed by atoms with Gasteiger partial charge in [-0.25, -0.2) is 0 Å². The molecule has 0 bridgehead atoms. The van der Waals surface area contributed by atoms with Crippen molar-refractivity contribution in [2.24, 2.45) is 0 Å². The van der Waals surface area contributed by atoms with Crippen LogP contribution in [0, 0.1) is 10.1 Å². The highest BCUT2D eigenvalue weighted by Crippen LogP contribution is 2.32. The maximum atomic E-state index is 12.5. The number of ether oxygens (including phenoxy) is 2. The van der Waals surface area contributed by atoms with Crippen LogP contribution in [0.4, 0.5) is 18.9 Å². The smallest absolute Gasteiger partial charge is 0.416 e. The van der Waals surface area contributed by atoms with Gasteiger partial charge in [0.2, 0.25) is 5.75 Å². The third kappa shape index (κ3) is 4.69. The van der Waals surface area contributed by atoms with E-state index in [1.807, 2.05) is 0 Å². The number of hydrogen-bond acceptors (Lipinski definition) is 5. The van der Waals surface area contributed by atoms with Gasteiger partial charge in [0, 0.05) is 0 Å². The zero-order chi connectivity index (χ0) is 18.6. The van der Waals surface area contributed by atoms with Gasteiger partial charge in [-0.2, -0.15) is 13.2 Å². The van der Waals surface area contributed by atoms with E-state index in [1.165, 1.54) is 19.2 Å². The Bertz CT molecular complexity index is 787. The van der Waals surface area contributed by atoms with Crippen LogP contribution in [-0.4, -0.2) is 18.0 Å². The lowest BCUT2D eigenvalue weighted by atomic mass is 10.1. The molecule has 0 amide bonds. The topological polar surface area (TPSA) is 78.7 Å². The fraction of sp³-hybridized carbons (Fsp3) is 0.188. The standard InChI is InChI=1S/C16H12F3NO5/c1-24-12-6-7-14(13(9-12)20(22)23)25-15(21)8-10-2-4-11(5-3-10)16(17,18)19/h2-7,9H,8H2,1H3. The fourth-order valence-corrected chi connectivity index (χ4v) is 1.99. The largest absolute Gasteiger partial charge is 0.496 e. The first-order valence-corrected chi connectivity index (χ1v) is 6.90. The van der Waals surface area contributed by atoms with Crippen molar-refractivity contribution >= 4 is 11.7 Å². The van der Waals surface area contributed by atoms with Crippen molar-refractivity contribution in [3.05, 3.63) is 63.7 Å². The number of nitro benzene ring substituents is 1. The molecule has 2 aromatic carbocycles. The summed E-state index contributed by atoms with van der Waals surface area (Å²) in [6, 6.07) is 7.67. The zero-order valence-corrected chi connectivity index (χ0v) is 12.9. The van der Waals surface area contributed by atoms with Gasteiger partial charge in [0.05, 0.1) is 30.1 Å². The summed E-state index contributed by atoms with van der Waals surface area (Å²) in [4.78, 5) is 22.2. The van der Waals surface area contributed by atoms with Crippen molar-refractivity contribution in [1.82, 2.24) is 0 Å². The minimum absolute atomic E-state index is 0.217. The fourth-order valence-electron chi connectivity index (χ4n) is 1.99. The molecule has 0 aliphatic heterocycles. The van der Waals surface area contributed by atoms with E-state index in [2.05, 4.69) is 0 Å². The summed E-state index contributed by atoms with van der Waals surface area (Å²) >= 11 is 0. The van der Waals surface area contributed by atoms with Crippen LogP contribution in [0.3, 0.4) is 0 Å². The minimum atomic E-state index is -4.47. The van der Waals surface area contributed by atoms with Crippen LogP contribution >= 0.6 is 0 Å². The van der Waals surface area contributed by atoms with Crippen LogP contribution in [-0.2, 0) is 17.4 Å². The molecule has 6 nitrogen and oxygen atoms in total. The summed E-state index contributed by atoms with van der Waals surface area (Å²) in [6.45, 7) is 0. The summed E-state index contributed by atoms with van der Waals surface area (Å²) in [5.74, 6) is -0.898. The highest BCUT2D eigenvalue weighted by molar-refractivity contribution is 5.76. The zero-order valence-electron chi connectivity index (χ0n) is 12.9. The number of benzene rings is 2. The van der Waals surface area contributed by atoms with Crippen LogP contribution in [0.2, 0.25) is 0 Å². The van der Waals surface area contributed by atoms with E-state index < -0.39 is 28.3 Å². The number of nitrogens with zero attached hydrogens (tertiary/aromatic N) is 1. The van der Waals surface area contributed by atoms with Gasteiger partial charge in [0.15, 0.2) is 0 Å². The molecule has 0 aliphatic rings. The Balaban J connectivity index is 2.11. The molecule has 0 unspecified atom stereocenters. The first-order chi connectivity index (χ1) is 11.7. The molecular formula is C16H12F3NO5. The van der Waals surface area contributed by atoms with Crippen molar-refractivity contribution in [2.75, 3.05) is 7.11 Å². The summed E-state index contributed by atoms with van der Waals surface area (Å²) in [5.41, 5.74) is -1.01. The molecule has 0 fully saturated rings. The van der Waals surface area contributed by atoms with Crippen LogP contribution < -0.4 is 9.47 Å². The van der Waals surface area contributed by atoms with Gasteiger partial charge in [-0.05, 0) is 29.8 Å². The van der Waals surface area contributed by atoms with Crippen molar-refractivity contribution in [3.8, 4) is 11.5 Å². The molecule has 0 saturated carbocycles. The molecule has 0 heterocycles. The van der Waals surface area contributed by atoms with E-state index in [1.54, 1.807) is 0 Å². The Kier molecular flexibility index (Phi) is 5.26. The molecule has 25 heavy (non-hydrogen) atoms. The van der Waals surface area contributed by atoms with Gasteiger partial charge in [0.1, 0.15) is 5.75 Å². The Hall–Kier alpha value is -3.10. The number of carbonyl (C=O) groups is 1. The van der Waals surface area contributed by atoms with E-state index in [0.717, 1.165) is 30.3 Å². The van der Waals surface area contributed by atoms with E-state index in [9.17, 15) is 28.1 Å². The van der Waals surface area contributed by atoms with Gasteiger partial charge in [-0.1, -0.05) is 12.1 Å². The number of methoxy groups -OCH3 is 1. The molecule has 0 spiro atoms. The lowest BCUT2D eigenvalue weighted by molar-refractivity contribution is -0.385. The average Bonchev–Trinajstić information content (AvgIpc) is 2.54. The number of carbonyl (C=O) groups excluding carboxylic acids is 1. The highest BCUT2D eigenvalue weighted by Gasteiger charge is 2.30. The predicted octanol–water partition coefficient (Wildman–Crippen LogP) is 3.77. The van der Waals surface area contributed by atoms with E-state index in [0.29, 0.717) is 0 Å². The Morgan fingerprint density at radius 3 is 2.32 bits per heavy atom. The summed E-state index contributed by atoms with van der Waals surface area (Å²) < 4.78 is 47.3. The molecular weight excluding hydrogens is 343 g/mol. The summed E-state index contributed by atoms with van der Waals surface area (Å²) in [5, 5.41) is 11.0. The first-order valence-electron chi connectivity index (χ1n) is 6.90. The summed E-state index contributed by atoms with van der Waals surface area (Å²) in [7, 11) is 1.33. The number of nitro groups is 1. The van der Waals surface area contributed by atoms with Crippen molar-refractivity contribution in [2.45, 2.75) is 12.6 Å². The molecule has 0 saturated heterocycles. The monoisotopic (exact) mass is 355 g/mol. The van der Waals surface area contributed by atoms with Crippen molar-refractivity contribution in [3.63, 3.8) is 0 Å². The quantitative estimate of drug-likeness (QED) is 0.353. The van der Waals surface area contributed by atoms with Gasteiger partial charge in [-0.3, -0.25) is 14.9 Å². The second-order valence-corrected chi connectivity index (χ2v) is 4.94. The Labute approximate surface area is 139 Å². The predicted molar refractivity (Wildman–Crippen MR) is 80.4 cm³/mol. The van der Waals surface area contributed by atoms with E-state index >= 15 is 0 Å².